The lowest BCUT2D eigenvalue weighted by molar-refractivity contribution is -0.150. The minimum absolute atomic E-state index is 0.291. The molecule has 31 heavy (non-hydrogen) atoms. The molecule has 1 aliphatic carbocycles. The molecule has 0 saturated heterocycles. The molecule has 0 aliphatic heterocycles. The lowest BCUT2D eigenvalue weighted by Gasteiger charge is -2.37. The van der Waals surface area contributed by atoms with Crippen molar-refractivity contribution in [3.63, 3.8) is 0 Å². The predicted octanol–water partition coefficient (Wildman–Crippen LogP) is 2.30. The first kappa shape index (κ1) is 22.3. The number of benzene rings is 2. The zero-order valence-corrected chi connectivity index (χ0v) is 18.3. The number of ether oxygens (including phenoxy) is 5. The highest BCUT2D eigenvalue weighted by Crippen LogP contribution is 2.48. The lowest BCUT2D eigenvalue weighted by atomic mass is 9.66. The topological polar surface area (TPSA) is 106 Å². The van der Waals surface area contributed by atoms with Gasteiger partial charge in [-0.05, 0) is 47.4 Å². The Morgan fingerprint density at radius 1 is 0.839 bits per heavy atom. The van der Waals surface area contributed by atoms with Crippen LogP contribution >= 0.6 is 0 Å². The number of rotatable bonds is 7. The highest BCUT2D eigenvalue weighted by Gasteiger charge is 2.45. The van der Waals surface area contributed by atoms with Crippen LogP contribution < -0.4 is 24.7 Å². The molecule has 1 aliphatic rings. The van der Waals surface area contributed by atoms with E-state index in [4.69, 9.17) is 29.4 Å². The van der Waals surface area contributed by atoms with Gasteiger partial charge >= 0.3 is 5.97 Å². The van der Waals surface area contributed by atoms with Gasteiger partial charge in [-0.25, -0.2) is 0 Å². The molecule has 8 nitrogen and oxygen atoms in total. The number of fused-ring (bicyclic) bond motifs is 1. The van der Waals surface area contributed by atoms with Crippen LogP contribution in [0.2, 0.25) is 0 Å². The Balaban J connectivity index is 2.29. The monoisotopic (exact) mass is 429 g/mol. The van der Waals surface area contributed by atoms with Crippen LogP contribution in [0.15, 0.2) is 30.3 Å². The molecule has 3 rings (SSSR count). The van der Waals surface area contributed by atoms with Gasteiger partial charge in [0.2, 0.25) is 5.91 Å². The van der Waals surface area contributed by atoms with Crippen molar-refractivity contribution < 1.29 is 33.3 Å². The van der Waals surface area contributed by atoms with E-state index in [-0.39, 0.29) is 0 Å². The van der Waals surface area contributed by atoms with E-state index in [2.05, 4.69) is 0 Å². The van der Waals surface area contributed by atoms with Crippen LogP contribution in [0, 0.1) is 11.8 Å². The second-order valence-electron chi connectivity index (χ2n) is 7.26. The first-order valence-corrected chi connectivity index (χ1v) is 9.73. The number of esters is 1. The van der Waals surface area contributed by atoms with Crippen LogP contribution in [0.1, 0.15) is 22.6 Å². The average molecular weight is 429 g/mol. The van der Waals surface area contributed by atoms with Crippen LogP contribution in [0.4, 0.5) is 0 Å². The van der Waals surface area contributed by atoms with Crippen LogP contribution in [0.25, 0.3) is 0 Å². The van der Waals surface area contributed by atoms with E-state index >= 15 is 0 Å². The van der Waals surface area contributed by atoms with Gasteiger partial charge in [0.1, 0.15) is 0 Å². The number of methoxy groups -OCH3 is 5. The van der Waals surface area contributed by atoms with Gasteiger partial charge in [-0.1, -0.05) is 6.07 Å². The molecule has 0 heterocycles. The number of nitrogens with two attached hydrogens (primary N) is 1. The Bertz CT molecular complexity index is 988. The number of hydrogen-bond donors (Lipinski definition) is 1. The van der Waals surface area contributed by atoms with E-state index < -0.39 is 29.6 Å². The summed E-state index contributed by atoms with van der Waals surface area (Å²) in [4.78, 5) is 25.3. The molecule has 0 saturated carbocycles. The molecular formula is C23H27NO7. The number of carbonyl (C=O) groups is 2. The molecule has 3 atom stereocenters. The van der Waals surface area contributed by atoms with Gasteiger partial charge in [-0.2, -0.15) is 0 Å². The summed E-state index contributed by atoms with van der Waals surface area (Å²) in [7, 11) is 7.47. The van der Waals surface area contributed by atoms with Gasteiger partial charge in [-0.3, -0.25) is 9.59 Å². The maximum Gasteiger partial charge on any atom is 0.309 e. The second-order valence-corrected chi connectivity index (χ2v) is 7.26. The Morgan fingerprint density at radius 3 is 1.97 bits per heavy atom. The summed E-state index contributed by atoms with van der Waals surface area (Å²) in [5.74, 6) is -1.06. The van der Waals surface area contributed by atoms with Crippen LogP contribution in [-0.4, -0.2) is 47.4 Å². The maximum atomic E-state index is 12.6. The van der Waals surface area contributed by atoms with Crippen molar-refractivity contribution >= 4 is 11.9 Å². The third-order valence-electron chi connectivity index (χ3n) is 5.81. The molecular weight excluding hydrogens is 402 g/mol. The molecule has 0 bridgehead atoms. The summed E-state index contributed by atoms with van der Waals surface area (Å²) < 4.78 is 26.7. The number of carbonyl (C=O) groups excluding carboxylic acids is 2. The highest BCUT2D eigenvalue weighted by atomic mass is 16.5. The minimum atomic E-state index is -0.823. The fourth-order valence-corrected chi connectivity index (χ4v) is 4.37. The SMILES string of the molecule is COC(=O)[C@@H]1Cc2cc(OC)c(OC)cc2[C@H](c2ccc(OC)c(OC)c2)[C@H]1C(N)=O. The van der Waals surface area contributed by atoms with E-state index in [9.17, 15) is 9.59 Å². The largest absolute Gasteiger partial charge is 0.493 e. The summed E-state index contributed by atoms with van der Waals surface area (Å²) in [5, 5.41) is 0. The first-order chi connectivity index (χ1) is 14.9. The standard InChI is InChI=1S/C23H27NO7/c1-27-16-7-6-12(9-17(16)28-2)20-14-11-19(30-4)18(29-3)10-13(14)8-15(23(26)31-5)21(20)22(24)25/h6-7,9-11,15,20-21H,8H2,1-5H3,(H2,24,25)/t15-,20+,21+/m1/s1. The number of primary amides is 1. The molecule has 1 amide bonds. The van der Waals surface area contributed by atoms with Gasteiger partial charge in [0.25, 0.3) is 0 Å². The van der Waals surface area contributed by atoms with E-state index in [0.29, 0.717) is 29.4 Å². The third kappa shape index (κ3) is 3.97. The molecule has 0 fully saturated rings. The summed E-state index contributed by atoms with van der Waals surface area (Å²) in [6, 6.07) is 9.05. The summed E-state index contributed by atoms with van der Waals surface area (Å²) in [6.07, 6.45) is 0.291. The average Bonchev–Trinajstić information content (AvgIpc) is 2.80. The van der Waals surface area contributed by atoms with Gasteiger partial charge in [0, 0.05) is 5.92 Å². The van der Waals surface area contributed by atoms with Gasteiger partial charge < -0.3 is 29.4 Å². The van der Waals surface area contributed by atoms with Crippen LogP contribution in [-0.2, 0) is 20.7 Å². The Morgan fingerprint density at radius 2 is 1.42 bits per heavy atom. The van der Waals surface area contributed by atoms with Gasteiger partial charge in [-0.15, -0.1) is 0 Å². The summed E-state index contributed by atoms with van der Waals surface area (Å²) in [5.41, 5.74) is 8.26. The van der Waals surface area contributed by atoms with Gasteiger partial charge in [0.15, 0.2) is 23.0 Å². The molecule has 2 aromatic rings. The van der Waals surface area contributed by atoms with E-state index in [1.54, 1.807) is 33.5 Å². The van der Waals surface area contributed by atoms with Crippen molar-refractivity contribution in [2.24, 2.45) is 17.6 Å². The van der Waals surface area contributed by atoms with E-state index in [0.717, 1.165) is 16.7 Å². The van der Waals surface area contributed by atoms with Crippen molar-refractivity contribution in [2.45, 2.75) is 12.3 Å². The minimum Gasteiger partial charge on any atom is -0.493 e. The number of amides is 1. The summed E-state index contributed by atoms with van der Waals surface area (Å²) in [6.45, 7) is 0. The van der Waals surface area contributed by atoms with Crippen LogP contribution in [0.5, 0.6) is 23.0 Å². The number of hydrogen-bond acceptors (Lipinski definition) is 7. The molecule has 0 radical (unpaired) electrons. The molecule has 166 valence electrons. The quantitative estimate of drug-likeness (QED) is 0.673. The molecule has 2 N–H and O–H groups in total. The van der Waals surface area contributed by atoms with Crippen molar-refractivity contribution in [1.29, 1.82) is 0 Å². The zero-order valence-electron chi connectivity index (χ0n) is 18.3. The molecule has 0 spiro atoms. The molecule has 0 aromatic heterocycles. The fourth-order valence-electron chi connectivity index (χ4n) is 4.37. The van der Waals surface area contributed by atoms with Crippen molar-refractivity contribution in [2.75, 3.05) is 35.5 Å². The maximum absolute atomic E-state index is 12.6. The van der Waals surface area contributed by atoms with Gasteiger partial charge in [0.05, 0.1) is 47.4 Å². The fraction of sp³-hybridized carbons (Fsp3) is 0.391. The normalized spacial score (nSPS) is 19.7. The zero-order chi connectivity index (χ0) is 22.7. The second kappa shape index (κ2) is 9.16. The smallest absolute Gasteiger partial charge is 0.309 e. The van der Waals surface area contributed by atoms with Crippen LogP contribution in [0.3, 0.4) is 0 Å². The molecule has 2 aromatic carbocycles. The van der Waals surface area contributed by atoms with Crippen molar-refractivity contribution in [1.82, 2.24) is 0 Å². The third-order valence-corrected chi connectivity index (χ3v) is 5.81. The van der Waals surface area contributed by atoms with Crippen molar-refractivity contribution in [3.05, 3.63) is 47.0 Å². The van der Waals surface area contributed by atoms with E-state index in [1.807, 2.05) is 18.2 Å². The lowest BCUT2D eigenvalue weighted by Crippen LogP contribution is -2.43. The molecule has 8 heteroatoms. The van der Waals surface area contributed by atoms with E-state index in [1.165, 1.54) is 14.2 Å². The Kier molecular flexibility index (Phi) is 6.58. The molecule has 0 unspecified atom stereocenters. The Hall–Kier alpha value is -3.42. The summed E-state index contributed by atoms with van der Waals surface area (Å²) >= 11 is 0. The predicted molar refractivity (Wildman–Crippen MR) is 113 cm³/mol. The highest BCUT2D eigenvalue weighted by molar-refractivity contribution is 5.87. The Labute approximate surface area is 181 Å². The first-order valence-electron chi connectivity index (χ1n) is 9.73. The van der Waals surface area contributed by atoms with Crippen molar-refractivity contribution in [3.8, 4) is 23.0 Å².